The summed E-state index contributed by atoms with van der Waals surface area (Å²) in [4.78, 5) is 66.2. The van der Waals surface area contributed by atoms with E-state index in [0.717, 1.165) is 32.0 Å². The number of methoxy groups -OCH3 is 1. The number of halogens is 2. The van der Waals surface area contributed by atoms with Crippen molar-refractivity contribution in [1.29, 1.82) is 0 Å². The van der Waals surface area contributed by atoms with Gasteiger partial charge >= 0.3 is 12.9 Å². The molecule has 1 fully saturated rings. The summed E-state index contributed by atoms with van der Waals surface area (Å²) >= 11 is 0. The molecule has 0 bridgehead atoms. The van der Waals surface area contributed by atoms with Gasteiger partial charge in [0.1, 0.15) is 17.5 Å². The molecule has 3 N–H and O–H groups in total. The topological polar surface area (TPSA) is 193 Å². The Bertz CT molecular complexity index is 2160. The number of hydrogen-bond donors (Lipinski definition) is 3. The number of hydroxylamine groups is 2. The lowest BCUT2D eigenvalue weighted by molar-refractivity contribution is -0.870. The average Bonchev–Trinajstić information content (AvgIpc) is 3.78. The second-order valence-electron chi connectivity index (χ2n) is 15.6. The largest absolute Gasteiger partial charge is 0.737 e. The number of allylic oxidation sites excluding steroid dienone is 2. The number of hydrogen-bond acceptors (Lipinski definition) is 9. The molecule has 1 aromatic heterocycles. The number of nitrogens with zero attached hydrogens (tertiary/aromatic N) is 4. The summed E-state index contributed by atoms with van der Waals surface area (Å²) in [6, 6.07) is 6.74. The van der Waals surface area contributed by atoms with Crippen LogP contribution in [0, 0.1) is 6.92 Å². The van der Waals surface area contributed by atoms with Crippen molar-refractivity contribution in [2.75, 3.05) is 47.1 Å². The molecule has 3 aliphatic rings. The average molecular weight is 832 g/mol. The quantitative estimate of drug-likeness (QED) is 0.0623. The molecule has 3 aliphatic heterocycles. The minimum Gasteiger partial charge on any atom is -0.497 e. The van der Waals surface area contributed by atoms with Crippen LogP contribution in [-0.4, -0.2) is 127 Å². The molecule has 1 aromatic carbocycles. The summed E-state index contributed by atoms with van der Waals surface area (Å²) in [5.41, 5.74) is 3.12. The lowest BCUT2D eigenvalue weighted by Crippen LogP contribution is -2.51. The first-order valence-electron chi connectivity index (χ1n) is 19.0. The first-order chi connectivity index (χ1) is 27.2. The van der Waals surface area contributed by atoms with Crippen LogP contribution in [0.2, 0.25) is 0 Å². The first-order valence-corrected chi connectivity index (χ1v) is 20.6. The van der Waals surface area contributed by atoms with Crippen molar-refractivity contribution in [1.82, 2.24) is 20.2 Å². The monoisotopic (exact) mass is 831 g/mol. The normalized spacial score (nSPS) is 16.7. The van der Waals surface area contributed by atoms with E-state index in [1.807, 2.05) is 6.08 Å². The van der Waals surface area contributed by atoms with Crippen LogP contribution in [0.4, 0.5) is 8.63 Å². The fourth-order valence-electron chi connectivity index (χ4n) is 7.18. The number of ether oxygens (including phenoxy) is 1. The number of carbonyl (C=O) groups is 5. The molecule has 0 radical (unpaired) electrons. The second-order valence-corrected chi connectivity index (χ2v) is 17.1. The van der Waals surface area contributed by atoms with E-state index in [0.29, 0.717) is 45.5 Å². The number of benzene rings is 1. The summed E-state index contributed by atoms with van der Waals surface area (Å²) in [5, 5.41) is 5.16. The Morgan fingerprint density at radius 1 is 1.00 bits per heavy atom. The fraction of sp³-hybridized carbons (Fsp3) is 0.474. The van der Waals surface area contributed by atoms with Crippen molar-refractivity contribution in [3.8, 4) is 5.75 Å². The first kappa shape index (κ1) is 43.9. The predicted molar refractivity (Wildman–Crippen MR) is 209 cm³/mol. The number of nitrogens with one attached hydrogen (secondary N) is 2. The molecular weight excluding hydrogens is 781 g/mol. The molecule has 0 spiro atoms. The van der Waals surface area contributed by atoms with Gasteiger partial charge in [-0.1, -0.05) is 0 Å². The number of aryl methyl sites for hydroxylation is 2. The van der Waals surface area contributed by atoms with Gasteiger partial charge in [0.25, 0.3) is 21.9 Å². The summed E-state index contributed by atoms with van der Waals surface area (Å²) in [6.45, 7) is -2.00. The van der Waals surface area contributed by atoms with E-state index in [-0.39, 0.29) is 50.8 Å². The lowest BCUT2D eigenvalue weighted by Gasteiger charge is -2.32. The molecule has 4 heterocycles. The fourth-order valence-corrected chi connectivity index (χ4v) is 7.84. The van der Waals surface area contributed by atoms with Crippen LogP contribution in [0.3, 0.4) is 0 Å². The maximum absolute atomic E-state index is 17.1. The van der Waals surface area contributed by atoms with Gasteiger partial charge in [0.15, 0.2) is 11.4 Å². The minimum absolute atomic E-state index is 0.0521. The highest BCUT2D eigenvalue weighted by Crippen LogP contribution is 2.39. The van der Waals surface area contributed by atoms with Gasteiger partial charge < -0.3 is 42.3 Å². The van der Waals surface area contributed by atoms with Gasteiger partial charge in [0, 0.05) is 67.6 Å². The summed E-state index contributed by atoms with van der Waals surface area (Å²) < 4.78 is 75.3. The molecule has 1 saturated heterocycles. The van der Waals surface area contributed by atoms with Crippen LogP contribution in [0.15, 0.2) is 47.7 Å². The molecule has 5 rings (SSSR count). The zero-order valence-corrected chi connectivity index (χ0v) is 34.1. The second kappa shape index (κ2) is 17.7. The Morgan fingerprint density at radius 2 is 1.67 bits per heavy atom. The standard InChI is InChI=1S/C38H49BF2N6O10S/c1-25-21-28(13-16-34(48)43-30(24-58(53,54)55)38(52)42-19-7-6-10-37(51)57-46-35(49)17-18-36(46)50)44-31(25)23-33-27(9-8-20-47(2,3)4)22-32(45(33)39(44,40)41)26-11-14-29(56-5)15-12-26/h11-12,14-15,21-23,30H,6-10,13,16-20,24H2,1-5H3,(H2-,42,43,48,52,53,54,55)/p+1. The van der Waals surface area contributed by atoms with E-state index in [1.54, 1.807) is 43.3 Å². The van der Waals surface area contributed by atoms with Crippen LogP contribution in [0.1, 0.15) is 73.9 Å². The van der Waals surface area contributed by atoms with E-state index in [9.17, 15) is 36.9 Å². The van der Waals surface area contributed by atoms with Gasteiger partial charge in [0.2, 0.25) is 11.8 Å². The van der Waals surface area contributed by atoms with Crippen LogP contribution in [0.5, 0.6) is 5.75 Å². The van der Waals surface area contributed by atoms with Crippen molar-refractivity contribution in [2.24, 2.45) is 0 Å². The maximum Gasteiger partial charge on any atom is 0.737 e. The Morgan fingerprint density at radius 3 is 2.29 bits per heavy atom. The highest BCUT2D eigenvalue weighted by atomic mass is 32.2. The molecule has 0 saturated carbocycles. The number of fused-ring (bicyclic) bond motifs is 2. The number of imide groups is 1. The van der Waals surface area contributed by atoms with Crippen LogP contribution in [-0.2, 0) is 45.3 Å². The lowest BCUT2D eigenvalue weighted by atomic mass is 9.88. The molecule has 1 unspecified atom stereocenters. The highest BCUT2D eigenvalue weighted by Gasteiger charge is 2.54. The molecule has 58 heavy (non-hydrogen) atoms. The van der Waals surface area contributed by atoms with Crippen molar-refractivity contribution in [3.05, 3.63) is 70.2 Å². The van der Waals surface area contributed by atoms with E-state index >= 15 is 8.63 Å². The van der Waals surface area contributed by atoms with E-state index in [2.05, 4.69) is 31.8 Å². The van der Waals surface area contributed by atoms with Gasteiger partial charge in [-0.05, 0) is 74.2 Å². The van der Waals surface area contributed by atoms with E-state index < -0.39 is 64.9 Å². The van der Waals surface area contributed by atoms with Crippen molar-refractivity contribution in [2.45, 2.75) is 70.8 Å². The summed E-state index contributed by atoms with van der Waals surface area (Å²) in [7, 11) is 2.98. The number of amides is 4. The number of aromatic nitrogens is 1. The molecule has 2 aromatic rings. The molecule has 1 atom stereocenters. The zero-order chi connectivity index (χ0) is 42.6. The van der Waals surface area contributed by atoms with E-state index in [4.69, 9.17) is 9.57 Å². The van der Waals surface area contributed by atoms with Gasteiger partial charge in [0.05, 0.1) is 34.8 Å². The molecular formula is C38H50BF2N6O10S+. The third-order valence-electron chi connectivity index (χ3n) is 10.0. The van der Waals surface area contributed by atoms with Crippen molar-refractivity contribution in [3.63, 3.8) is 0 Å². The summed E-state index contributed by atoms with van der Waals surface area (Å²) in [5.74, 6) is -4.40. The predicted octanol–water partition coefficient (Wildman–Crippen LogP) is 2.51. The van der Waals surface area contributed by atoms with Crippen LogP contribution < -0.4 is 15.4 Å². The number of rotatable bonds is 19. The number of unbranched alkanes of at least 4 members (excludes halogenated alkanes) is 1. The molecule has 314 valence electrons. The molecule has 16 nitrogen and oxygen atoms in total. The van der Waals surface area contributed by atoms with Crippen LogP contribution in [0.25, 0.3) is 6.08 Å². The SMILES string of the molecule is COc1ccc(C2=[N+]3C(=Cc4c(C)cc(CCC(=O)NC(CS(=O)(=O)O)C(=O)NCCCCC(=O)ON5C(=O)CCC5=O)n4[B-]3(F)F)C(CCC[N+](C)(C)C)=C2)cc1. The number of carbonyl (C=O) groups excluding carboxylic acids is 5. The van der Waals surface area contributed by atoms with Crippen LogP contribution >= 0.6 is 0 Å². The third kappa shape index (κ3) is 10.6. The Labute approximate surface area is 335 Å². The van der Waals surface area contributed by atoms with E-state index in [1.165, 1.54) is 7.11 Å². The van der Waals surface area contributed by atoms with Crippen molar-refractivity contribution >= 4 is 58.5 Å². The highest BCUT2D eigenvalue weighted by molar-refractivity contribution is 7.85. The van der Waals surface area contributed by atoms with Gasteiger partial charge in [-0.15, -0.1) is 5.06 Å². The number of quaternary nitrogens is 1. The van der Waals surface area contributed by atoms with Crippen molar-refractivity contribution < 1.29 is 64.1 Å². The molecule has 0 aliphatic carbocycles. The summed E-state index contributed by atoms with van der Waals surface area (Å²) in [6.07, 6.45) is 4.40. The smallest absolute Gasteiger partial charge is 0.497 e. The van der Waals surface area contributed by atoms with Gasteiger partial charge in [-0.3, -0.25) is 23.7 Å². The van der Waals surface area contributed by atoms with Gasteiger partial charge in [-0.2, -0.15) is 8.42 Å². The zero-order valence-electron chi connectivity index (χ0n) is 33.3. The Kier molecular flexibility index (Phi) is 13.4. The third-order valence-corrected chi connectivity index (χ3v) is 10.8. The Balaban J connectivity index is 1.27. The molecule has 20 heteroatoms. The maximum atomic E-state index is 17.1. The minimum atomic E-state index is -4.76. The van der Waals surface area contributed by atoms with Gasteiger partial charge in [-0.25, -0.2) is 4.79 Å². The Hall–Kier alpha value is -5.21. The molecule has 4 amide bonds.